The van der Waals surface area contributed by atoms with Gasteiger partial charge in [-0.25, -0.2) is 0 Å². The lowest BCUT2D eigenvalue weighted by Gasteiger charge is -2.33. The summed E-state index contributed by atoms with van der Waals surface area (Å²) in [6, 6.07) is 5.35. The molecule has 0 aromatic heterocycles. The van der Waals surface area contributed by atoms with Crippen LogP contribution in [0.5, 0.6) is 0 Å². The smallest absolute Gasteiger partial charge is 0.313 e. The summed E-state index contributed by atoms with van der Waals surface area (Å²) >= 11 is 3.38. The van der Waals surface area contributed by atoms with Gasteiger partial charge in [-0.1, -0.05) is 15.9 Å². The van der Waals surface area contributed by atoms with E-state index < -0.39 is 11.8 Å². The number of nitrogens with zero attached hydrogens (tertiary/aromatic N) is 2. The van der Waals surface area contributed by atoms with Crippen molar-refractivity contribution < 1.29 is 14.4 Å². The maximum atomic E-state index is 12.1. The molecule has 0 spiro atoms. The summed E-state index contributed by atoms with van der Waals surface area (Å²) in [6.45, 7) is 5.09. The second-order valence-corrected chi connectivity index (χ2v) is 6.07. The molecule has 1 aliphatic rings. The van der Waals surface area contributed by atoms with Crippen LogP contribution in [0.4, 0.5) is 5.69 Å². The number of piperazine rings is 1. The Bertz CT molecular complexity index is 610. The van der Waals surface area contributed by atoms with Gasteiger partial charge >= 0.3 is 11.8 Å². The maximum absolute atomic E-state index is 12.1. The molecule has 0 unspecified atom stereocenters. The lowest BCUT2D eigenvalue weighted by atomic mass is 10.2. The van der Waals surface area contributed by atoms with Crippen molar-refractivity contribution in [2.75, 3.05) is 31.5 Å². The van der Waals surface area contributed by atoms with Gasteiger partial charge in [-0.3, -0.25) is 14.4 Å². The molecule has 0 bridgehead atoms. The highest BCUT2D eigenvalue weighted by atomic mass is 79.9. The highest BCUT2D eigenvalue weighted by Gasteiger charge is 2.26. The van der Waals surface area contributed by atoms with Crippen LogP contribution >= 0.6 is 15.9 Å². The van der Waals surface area contributed by atoms with Crippen LogP contribution in [-0.4, -0.2) is 53.7 Å². The number of nitrogens with one attached hydrogen (secondary N) is 1. The van der Waals surface area contributed by atoms with Crippen LogP contribution in [0.1, 0.15) is 12.5 Å². The molecule has 1 aliphatic heterocycles. The number of anilines is 1. The number of hydrogen-bond donors (Lipinski definition) is 1. The van der Waals surface area contributed by atoms with E-state index in [1.807, 2.05) is 13.0 Å². The van der Waals surface area contributed by atoms with E-state index in [4.69, 9.17) is 0 Å². The zero-order valence-corrected chi connectivity index (χ0v) is 14.1. The van der Waals surface area contributed by atoms with Gasteiger partial charge in [0.05, 0.1) is 0 Å². The Labute approximate surface area is 137 Å². The average molecular weight is 368 g/mol. The normalized spacial score (nSPS) is 14.7. The summed E-state index contributed by atoms with van der Waals surface area (Å²) < 4.78 is 0.942. The van der Waals surface area contributed by atoms with Crippen LogP contribution in [-0.2, 0) is 14.4 Å². The number of benzene rings is 1. The lowest BCUT2D eigenvalue weighted by molar-refractivity contribution is -0.145. The highest BCUT2D eigenvalue weighted by Crippen LogP contribution is 2.20. The molecule has 0 aliphatic carbocycles. The molecule has 22 heavy (non-hydrogen) atoms. The number of hydrogen-bond acceptors (Lipinski definition) is 3. The molecule has 0 radical (unpaired) electrons. The van der Waals surface area contributed by atoms with E-state index in [1.54, 1.807) is 17.0 Å². The molecule has 118 valence electrons. The Morgan fingerprint density at radius 2 is 1.68 bits per heavy atom. The summed E-state index contributed by atoms with van der Waals surface area (Å²) in [5, 5.41) is 2.61. The number of amides is 3. The van der Waals surface area contributed by atoms with Gasteiger partial charge in [-0.15, -0.1) is 0 Å². The van der Waals surface area contributed by atoms with Crippen molar-refractivity contribution in [3.05, 3.63) is 28.2 Å². The fourth-order valence-electron chi connectivity index (χ4n) is 2.28. The van der Waals surface area contributed by atoms with Crippen LogP contribution < -0.4 is 5.32 Å². The molecular weight excluding hydrogens is 350 g/mol. The highest BCUT2D eigenvalue weighted by molar-refractivity contribution is 9.10. The molecule has 2 rings (SSSR count). The molecule has 0 atom stereocenters. The van der Waals surface area contributed by atoms with Crippen molar-refractivity contribution in [2.45, 2.75) is 13.8 Å². The van der Waals surface area contributed by atoms with Crippen LogP contribution in [0.15, 0.2) is 22.7 Å². The first kappa shape index (κ1) is 16.5. The summed E-state index contributed by atoms with van der Waals surface area (Å²) in [6.07, 6.45) is 0. The van der Waals surface area contributed by atoms with Gasteiger partial charge in [-0.05, 0) is 30.7 Å². The van der Waals surface area contributed by atoms with Crippen molar-refractivity contribution >= 4 is 39.3 Å². The third kappa shape index (κ3) is 3.85. The molecule has 1 fully saturated rings. The number of halogens is 1. The summed E-state index contributed by atoms with van der Waals surface area (Å²) in [7, 11) is 0. The Hall–Kier alpha value is -1.89. The molecule has 6 nitrogen and oxygen atoms in total. The Balaban J connectivity index is 1.94. The molecule has 1 heterocycles. The second kappa shape index (κ2) is 6.91. The largest absolute Gasteiger partial charge is 0.339 e. The first-order valence-electron chi connectivity index (χ1n) is 7.00. The third-order valence-corrected chi connectivity index (χ3v) is 4.51. The molecule has 7 heteroatoms. The van der Waals surface area contributed by atoms with Gasteiger partial charge in [0.1, 0.15) is 0 Å². The van der Waals surface area contributed by atoms with E-state index in [0.29, 0.717) is 31.9 Å². The number of carbonyl (C=O) groups is 3. The molecular formula is C15H18BrN3O3. The van der Waals surface area contributed by atoms with Crippen molar-refractivity contribution in [3.63, 3.8) is 0 Å². The predicted octanol–water partition coefficient (Wildman–Crippen LogP) is 1.39. The third-order valence-electron chi connectivity index (χ3n) is 3.62. The predicted molar refractivity (Wildman–Crippen MR) is 86.3 cm³/mol. The topological polar surface area (TPSA) is 69.7 Å². The van der Waals surface area contributed by atoms with Crippen molar-refractivity contribution in [1.82, 2.24) is 9.80 Å². The quantitative estimate of drug-likeness (QED) is 0.762. The first-order valence-corrected chi connectivity index (χ1v) is 7.79. The summed E-state index contributed by atoms with van der Waals surface area (Å²) in [5.41, 5.74) is 1.56. The van der Waals surface area contributed by atoms with Crippen molar-refractivity contribution in [1.29, 1.82) is 0 Å². The molecule has 1 saturated heterocycles. The fourth-order valence-corrected chi connectivity index (χ4v) is 2.52. The van der Waals surface area contributed by atoms with E-state index in [-0.39, 0.29) is 5.91 Å². The minimum absolute atomic E-state index is 0.0121. The van der Waals surface area contributed by atoms with Crippen molar-refractivity contribution in [2.24, 2.45) is 0 Å². The SMILES string of the molecule is CC(=O)N1CCN(C(=O)C(=O)Nc2ccc(Br)c(C)c2)CC1. The lowest BCUT2D eigenvalue weighted by Crippen LogP contribution is -2.52. The van der Waals surface area contributed by atoms with Crippen molar-refractivity contribution in [3.8, 4) is 0 Å². The average Bonchev–Trinajstić information content (AvgIpc) is 2.50. The van der Waals surface area contributed by atoms with Crippen LogP contribution in [0.2, 0.25) is 0 Å². The Kier molecular flexibility index (Phi) is 5.18. The zero-order chi connectivity index (χ0) is 16.3. The Morgan fingerprint density at radius 3 is 2.23 bits per heavy atom. The number of aryl methyl sites for hydroxylation is 1. The van der Waals surface area contributed by atoms with Gasteiger partial charge in [0, 0.05) is 43.3 Å². The van der Waals surface area contributed by atoms with E-state index in [9.17, 15) is 14.4 Å². The molecule has 1 N–H and O–H groups in total. The van der Waals surface area contributed by atoms with E-state index in [0.717, 1.165) is 10.0 Å². The maximum Gasteiger partial charge on any atom is 0.313 e. The first-order chi connectivity index (χ1) is 10.4. The van der Waals surface area contributed by atoms with Gasteiger partial charge in [0.25, 0.3) is 0 Å². The van der Waals surface area contributed by atoms with Gasteiger partial charge in [0.15, 0.2) is 0 Å². The van der Waals surface area contributed by atoms with Gasteiger partial charge in [0.2, 0.25) is 5.91 Å². The molecule has 1 aromatic rings. The zero-order valence-electron chi connectivity index (χ0n) is 12.6. The van der Waals surface area contributed by atoms with E-state index in [1.165, 1.54) is 11.8 Å². The fraction of sp³-hybridized carbons (Fsp3) is 0.400. The van der Waals surface area contributed by atoms with Gasteiger partial charge in [-0.2, -0.15) is 0 Å². The van der Waals surface area contributed by atoms with Crippen LogP contribution in [0.25, 0.3) is 0 Å². The molecule has 3 amide bonds. The van der Waals surface area contributed by atoms with Gasteiger partial charge < -0.3 is 15.1 Å². The van der Waals surface area contributed by atoms with E-state index >= 15 is 0 Å². The second-order valence-electron chi connectivity index (χ2n) is 5.22. The number of carbonyl (C=O) groups excluding carboxylic acids is 3. The minimum atomic E-state index is -0.655. The van der Waals surface area contributed by atoms with Crippen LogP contribution in [0, 0.1) is 6.92 Å². The standard InChI is InChI=1S/C15H18BrN3O3/c1-10-9-12(3-4-13(10)16)17-14(21)15(22)19-7-5-18(6-8-19)11(2)20/h3-4,9H,5-8H2,1-2H3,(H,17,21). The summed E-state index contributed by atoms with van der Waals surface area (Å²) in [4.78, 5) is 38.5. The molecule has 1 aromatic carbocycles. The minimum Gasteiger partial charge on any atom is -0.339 e. The Morgan fingerprint density at radius 1 is 1.09 bits per heavy atom. The monoisotopic (exact) mass is 367 g/mol. The number of rotatable bonds is 1. The van der Waals surface area contributed by atoms with Crippen LogP contribution in [0.3, 0.4) is 0 Å². The molecule has 0 saturated carbocycles. The van der Waals surface area contributed by atoms with E-state index in [2.05, 4.69) is 21.2 Å². The summed E-state index contributed by atoms with van der Waals surface area (Å²) in [5.74, 6) is -1.23.